The fraction of sp³-hybridized carbons (Fsp3) is 0.214. The van der Waals surface area contributed by atoms with Crippen LogP contribution in [0.4, 0.5) is 5.82 Å². The highest BCUT2D eigenvalue weighted by molar-refractivity contribution is 6.07. The molecule has 7 heteroatoms. The molecule has 4 rings (SSSR count). The van der Waals surface area contributed by atoms with E-state index in [1.54, 1.807) is 38.4 Å². The summed E-state index contributed by atoms with van der Waals surface area (Å²) in [5.41, 5.74) is 3.17. The highest BCUT2D eigenvalue weighted by Crippen LogP contribution is 2.31. The zero-order valence-electron chi connectivity index (χ0n) is 20.2. The Hall–Kier alpha value is -4.26. The van der Waals surface area contributed by atoms with Crippen LogP contribution in [0.3, 0.4) is 0 Å². The Balaban J connectivity index is 1.75. The molecule has 0 spiro atoms. The van der Waals surface area contributed by atoms with Crippen LogP contribution in [0, 0.1) is 13.8 Å². The molecule has 1 N–H and O–H groups in total. The molecular formula is C28H27N3O4. The normalized spacial score (nSPS) is 11.8. The molecule has 2 aromatic carbocycles. The summed E-state index contributed by atoms with van der Waals surface area (Å²) in [4.78, 5) is 43.7. The smallest absolute Gasteiger partial charge is 0.356 e. The molecule has 178 valence electrons. The molecule has 0 aliphatic rings. The predicted molar refractivity (Wildman–Crippen MR) is 136 cm³/mol. The third-order valence-corrected chi connectivity index (χ3v) is 5.91. The van der Waals surface area contributed by atoms with E-state index in [-0.39, 0.29) is 17.7 Å². The van der Waals surface area contributed by atoms with Gasteiger partial charge in [0.25, 0.3) is 11.5 Å². The number of fused-ring (bicyclic) bond motifs is 1. The number of hydrogen-bond acceptors (Lipinski definition) is 5. The summed E-state index contributed by atoms with van der Waals surface area (Å²) in [7, 11) is 1.54. The van der Waals surface area contributed by atoms with Crippen LogP contribution in [-0.2, 0) is 16.6 Å². The van der Waals surface area contributed by atoms with Crippen LogP contribution in [0.25, 0.3) is 21.9 Å². The van der Waals surface area contributed by atoms with Crippen molar-refractivity contribution in [2.45, 2.75) is 33.3 Å². The van der Waals surface area contributed by atoms with E-state index in [0.29, 0.717) is 22.2 Å². The average molecular weight is 470 g/mol. The summed E-state index contributed by atoms with van der Waals surface area (Å²) in [5, 5.41) is 3.83. The van der Waals surface area contributed by atoms with E-state index in [4.69, 9.17) is 4.74 Å². The quantitative estimate of drug-likeness (QED) is 0.410. The van der Waals surface area contributed by atoms with Crippen molar-refractivity contribution in [1.82, 2.24) is 9.55 Å². The molecule has 2 heterocycles. The molecule has 0 fully saturated rings. The number of anilines is 1. The Morgan fingerprint density at radius 3 is 2.26 bits per heavy atom. The van der Waals surface area contributed by atoms with Crippen molar-refractivity contribution in [3.05, 3.63) is 94.0 Å². The first-order chi connectivity index (χ1) is 16.8. The van der Waals surface area contributed by atoms with E-state index in [2.05, 4.69) is 10.3 Å². The second-order valence-corrected chi connectivity index (χ2v) is 8.51. The molecule has 0 aliphatic carbocycles. The van der Waals surface area contributed by atoms with Gasteiger partial charge < -0.3 is 14.6 Å². The van der Waals surface area contributed by atoms with Crippen LogP contribution in [0.15, 0.2) is 71.7 Å². The lowest BCUT2D eigenvalue weighted by atomic mass is 9.96. The summed E-state index contributed by atoms with van der Waals surface area (Å²) in [6.07, 6.45) is 0.838. The fourth-order valence-electron chi connectivity index (χ4n) is 3.97. The van der Waals surface area contributed by atoms with E-state index >= 15 is 0 Å². The van der Waals surface area contributed by atoms with E-state index < -0.39 is 18.0 Å². The Bertz CT molecular complexity index is 1460. The van der Waals surface area contributed by atoms with Crippen molar-refractivity contribution < 1.29 is 14.3 Å². The Morgan fingerprint density at radius 1 is 0.971 bits per heavy atom. The van der Waals surface area contributed by atoms with Crippen LogP contribution >= 0.6 is 0 Å². The maximum atomic E-state index is 13.5. The standard InChI is InChI=1S/C28H27N3O4/c1-5-22(26(32)30-23-15-12-18(3)16-29-23)35-28(34)25-24(19-13-10-17(2)11-14-19)20-8-6-7-9-21(20)27(33)31(25)4/h6-16,22H,5H2,1-4H3,(H,29,30,32). The van der Waals surface area contributed by atoms with Gasteiger partial charge in [0.15, 0.2) is 6.10 Å². The molecule has 0 bridgehead atoms. The summed E-state index contributed by atoms with van der Waals surface area (Å²) < 4.78 is 6.97. The van der Waals surface area contributed by atoms with Gasteiger partial charge in [-0.15, -0.1) is 0 Å². The second-order valence-electron chi connectivity index (χ2n) is 8.51. The van der Waals surface area contributed by atoms with Crippen molar-refractivity contribution in [1.29, 1.82) is 0 Å². The Morgan fingerprint density at radius 2 is 1.63 bits per heavy atom. The van der Waals surface area contributed by atoms with E-state index in [1.807, 2.05) is 56.3 Å². The topological polar surface area (TPSA) is 90.3 Å². The number of nitrogens with zero attached hydrogens (tertiary/aromatic N) is 2. The molecule has 4 aromatic rings. The van der Waals surface area contributed by atoms with Crippen LogP contribution in [0.5, 0.6) is 0 Å². The van der Waals surface area contributed by atoms with Crippen LogP contribution in [0.2, 0.25) is 0 Å². The van der Waals surface area contributed by atoms with Gasteiger partial charge in [0, 0.05) is 24.2 Å². The summed E-state index contributed by atoms with van der Waals surface area (Å²) >= 11 is 0. The van der Waals surface area contributed by atoms with Gasteiger partial charge in [-0.05, 0) is 48.9 Å². The molecule has 0 saturated heterocycles. The number of esters is 1. The van der Waals surface area contributed by atoms with Gasteiger partial charge in [-0.1, -0.05) is 61.0 Å². The highest BCUT2D eigenvalue weighted by atomic mass is 16.5. The fourth-order valence-corrected chi connectivity index (χ4v) is 3.97. The lowest BCUT2D eigenvalue weighted by Gasteiger charge is -2.20. The molecule has 2 aromatic heterocycles. The van der Waals surface area contributed by atoms with E-state index in [0.717, 1.165) is 16.7 Å². The third-order valence-electron chi connectivity index (χ3n) is 5.91. The number of pyridine rings is 2. The van der Waals surface area contributed by atoms with Gasteiger partial charge in [-0.3, -0.25) is 9.59 Å². The number of carbonyl (C=O) groups excluding carboxylic acids is 2. The van der Waals surface area contributed by atoms with E-state index in [1.165, 1.54) is 4.57 Å². The van der Waals surface area contributed by atoms with Gasteiger partial charge in [0.2, 0.25) is 0 Å². The number of ether oxygens (including phenoxy) is 1. The minimum Gasteiger partial charge on any atom is -0.448 e. The van der Waals surface area contributed by atoms with Crippen LogP contribution < -0.4 is 10.9 Å². The zero-order chi connectivity index (χ0) is 25.1. The average Bonchev–Trinajstić information content (AvgIpc) is 2.86. The van der Waals surface area contributed by atoms with Gasteiger partial charge in [-0.25, -0.2) is 9.78 Å². The van der Waals surface area contributed by atoms with Crippen molar-refractivity contribution in [2.75, 3.05) is 5.32 Å². The SMILES string of the molecule is CCC(OC(=O)c1c(-c2ccc(C)cc2)c2ccccc2c(=O)n1C)C(=O)Nc1ccc(C)cn1. The Labute approximate surface area is 203 Å². The number of benzene rings is 2. The van der Waals surface area contributed by atoms with Crippen LogP contribution in [-0.4, -0.2) is 27.5 Å². The third kappa shape index (κ3) is 4.84. The lowest BCUT2D eigenvalue weighted by Crippen LogP contribution is -2.34. The maximum absolute atomic E-state index is 13.5. The second kappa shape index (κ2) is 9.93. The number of carbonyl (C=O) groups is 2. The van der Waals surface area contributed by atoms with Gasteiger partial charge >= 0.3 is 5.97 Å². The predicted octanol–water partition coefficient (Wildman–Crippen LogP) is 4.79. The maximum Gasteiger partial charge on any atom is 0.356 e. The van der Waals surface area contributed by atoms with Crippen molar-refractivity contribution in [3.63, 3.8) is 0 Å². The molecule has 0 aliphatic heterocycles. The van der Waals surface area contributed by atoms with Crippen LogP contribution in [0.1, 0.15) is 35.0 Å². The summed E-state index contributed by atoms with van der Waals surface area (Å²) in [6, 6.07) is 18.4. The molecule has 7 nitrogen and oxygen atoms in total. The number of rotatable bonds is 6. The summed E-state index contributed by atoms with van der Waals surface area (Å²) in [6.45, 7) is 5.63. The van der Waals surface area contributed by atoms with Gasteiger partial charge in [0.1, 0.15) is 11.5 Å². The van der Waals surface area contributed by atoms with Gasteiger partial charge in [-0.2, -0.15) is 0 Å². The minimum absolute atomic E-state index is 0.0947. The largest absolute Gasteiger partial charge is 0.448 e. The molecular weight excluding hydrogens is 442 g/mol. The monoisotopic (exact) mass is 469 g/mol. The van der Waals surface area contributed by atoms with Gasteiger partial charge in [0.05, 0.1) is 0 Å². The zero-order valence-corrected chi connectivity index (χ0v) is 20.2. The molecule has 1 atom stereocenters. The minimum atomic E-state index is -1.06. The van der Waals surface area contributed by atoms with Crippen molar-refractivity contribution in [3.8, 4) is 11.1 Å². The molecule has 0 saturated carbocycles. The van der Waals surface area contributed by atoms with Crippen molar-refractivity contribution in [2.24, 2.45) is 7.05 Å². The Kier molecular flexibility index (Phi) is 6.78. The number of nitrogens with one attached hydrogen (secondary N) is 1. The lowest BCUT2D eigenvalue weighted by molar-refractivity contribution is -0.124. The molecule has 35 heavy (non-hydrogen) atoms. The molecule has 1 unspecified atom stereocenters. The first-order valence-electron chi connectivity index (χ1n) is 11.4. The number of aromatic nitrogens is 2. The molecule has 0 radical (unpaired) electrons. The first-order valence-corrected chi connectivity index (χ1v) is 11.4. The molecule has 1 amide bonds. The number of amides is 1. The number of hydrogen-bond donors (Lipinski definition) is 1. The summed E-state index contributed by atoms with van der Waals surface area (Å²) in [5.74, 6) is -0.863. The van der Waals surface area contributed by atoms with E-state index in [9.17, 15) is 14.4 Å². The highest BCUT2D eigenvalue weighted by Gasteiger charge is 2.28. The van der Waals surface area contributed by atoms with Crippen molar-refractivity contribution >= 4 is 28.5 Å². The first kappa shape index (κ1) is 23.9. The number of aryl methyl sites for hydroxylation is 2.